The molecule has 3 aromatic rings. The maximum atomic E-state index is 14.0. The molecular weight excluding hydrogens is 546 g/mol. The van der Waals surface area contributed by atoms with Gasteiger partial charge in [-0.2, -0.15) is 0 Å². The van der Waals surface area contributed by atoms with Crippen LogP contribution in [-0.2, 0) is 19.3 Å². The molecule has 2 aromatic carbocycles. The highest BCUT2D eigenvalue weighted by Gasteiger charge is 2.26. The second kappa shape index (κ2) is 15.7. The fourth-order valence-electron chi connectivity index (χ4n) is 4.66. The minimum Gasteiger partial charge on any atom is -0.318 e. The molecule has 0 amide bonds. The van der Waals surface area contributed by atoms with Gasteiger partial charge in [0.2, 0.25) is 11.6 Å². The molecule has 0 fully saturated rings. The standard InChI is InChI=1S/C34H41N3O6/c1-22(2)13-10-11-18-30(35-42-24(5)38)33(40)28-17-12-16-27-29(21-37(32(27)28)26-14-8-7-9-15-26)34(41)31(20-19-23(3)4)36-43-25(6)39/h7-9,12,14-17,21-23H,10-11,13,18-20H2,1-6H3/b35-30+,36-31+. The molecule has 0 radical (unpaired) electrons. The van der Waals surface area contributed by atoms with Crippen LogP contribution in [0.2, 0.25) is 0 Å². The number of unbranched alkanes of at least 4 members (excludes halogenated alkanes) is 1. The molecule has 1 heterocycles. The molecule has 0 N–H and O–H groups in total. The van der Waals surface area contributed by atoms with Gasteiger partial charge in [0.05, 0.1) is 5.52 Å². The average Bonchev–Trinajstić information content (AvgIpc) is 3.36. The van der Waals surface area contributed by atoms with Crippen molar-refractivity contribution in [2.24, 2.45) is 22.1 Å². The fourth-order valence-corrected chi connectivity index (χ4v) is 4.66. The van der Waals surface area contributed by atoms with Crippen molar-refractivity contribution in [3.63, 3.8) is 0 Å². The lowest BCUT2D eigenvalue weighted by molar-refractivity contribution is -0.141. The van der Waals surface area contributed by atoms with Crippen LogP contribution in [0.25, 0.3) is 16.6 Å². The van der Waals surface area contributed by atoms with E-state index >= 15 is 0 Å². The molecule has 0 aliphatic rings. The molecule has 9 nitrogen and oxygen atoms in total. The van der Waals surface area contributed by atoms with Gasteiger partial charge in [-0.05, 0) is 55.7 Å². The molecule has 228 valence electrons. The maximum Gasteiger partial charge on any atom is 0.331 e. The molecular formula is C34H41N3O6. The van der Waals surface area contributed by atoms with Crippen LogP contribution in [0.4, 0.5) is 0 Å². The van der Waals surface area contributed by atoms with Crippen molar-refractivity contribution in [1.29, 1.82) is 0 Å². The van der Waals surface area contributed by atoms with Crippen LogP contribution in [-0.4, -0.2) is 39.5 Å². The van der Waals surface area contributed by atoms with Gasteiger partial charge in [-0.1, -0.05) is 81.2 Å². The number of para-hydroxylation sites is 2. The van der Waals surface area contributed by atoms with Crippen LogP contribution in [0.15, 0.2) is 65.0 Å². The third-order valence-corrected chi connectivity index (χ3v) is 6.85. The number of ketones is 2. The molecule has 0 aliphatic heterocycles. The number of oxime groups is 2. The smallest absolute Gasteiger partial charge is 0.318 e. The molecule has 0 saturated carbocycles. The van der Waals surface area contributed by atoms with E-state index in [1.165, 1.54) is 13.8 Å². The lowest BCUT2D eigenvalue weighted by Gasteiger charge is -2.11. The topological polar surface area (TPSA) is 116 Å². The number of benzene rings is 2. The Bertz CT molecular complexity index is 1520. The summed E-state index contributed by atoms with van der Waals surface area (Å²) in [5.41, 5.74) is 2.14. The van der Waals surface area contributed by atoms with E-state index in [0.29, 0.717) is 59.5 Å². The molecule has 1 aromatic heterocycles. The van der Waals surface area contributed by atoms with Crippen LogP contribution in [0, 0.1) is 11.8 Å². The Hall–Kier alpha value is -4.40. The largest absolute Gasteiger partial charge is 0.331 e. The Morgan fingerprint density at radius 1 is 0.698 bits per heavy atom. The van der Waals surface area contributed by atoms with Gasteiger partial charge in [0, 0.05) is 42.2 Å². The first-order valence-electron chi connectivity index (χ1n) is 14.8. The zero-order valence-corrected chi connectivity index (χ0v) is 25.9. The number of nitrogens with zero attached hydrogens (tertiary/aromatic N) is 3. The van der Waals surface area contributed by atoms with Gasteiger partial charge in [-0.3, -0.25) is 9.59 Å². The van der Waals surface area contributed by atoms with Crippen molar-refractivity contribution >= 4 is 45.8 Å². The highest BCUT2D eigenvalue weighted by molar-refractivity contribution is 6.50. The first kappa shape index (κ1) is 33.1. The summed E-state index contributed by atoms with van der Waals surface area (Å²) in [6.07, 6.45) is 5.60. The molecule has 0 atom stereocenters. The number of carbonyl (C=O) groups excluding carboxylic acids is 4. The normalized spacial score (nSPS) is 12.2. The number of Topliss-reactive ketones (excluding diaryl/α,β-unsaturated/α-hetero) is 2. The SMILES string of the molecule is CC(=O)O/N=C(\CCC(C)C)C(=O)c1cn(-c2ccccc2)c2c(C(=O)/C(CCCCC(C)C)=N/OC(C)=O)cccc12. The first-order chi connectivity index (χ1) is 20.5. The second-order valence-corrected chi connectivity index (χ2v) is 11.4. The third-order valence-electron chi connectivity index (χ3n) is 6.85. The number of hydrogen-bond acceptors (Lipinski definition) is 8. The molecule has 43 heavy (non-hydrogen) atoms. The average molecular weight is 588 g/mol. The van der Waals surface area contributed by atoms with E-state index in [2.05, 4.69) is 24.2 Å². The molecule has 0 unspecified atom stereocenters. The first-order valence-corrected chi connectivity index (χ1v) is 14.8. The monoisotopic (exact) mass is 587 g/mol. The molecule has 0 bridgehead atoms. The van der Waals surface area contributed by atoms with Crippen LogP contribution < -0.4 is 0 Å². The van der Waals surface area contributed by atoms with Gasteiger partial charge in [0.15, 0.2) is 0 Å². The van der Waals surface area contributed by atoms with Gasteiger partial charge in [0.25, 0.3) is 0 Å². The van der Waals surface area contributed by atoms with Crippen molar-refractivity contribution in [3.8, 4) is 5.69 Å². The molecule has 0 aliphatic carbocycles. The van der Waals surface area contributed by atoms with E-state index in [-0.39, 0.29) is 17.2 Å². The summed E-state index contributed by atoms with van der Waals surface area (Å²) in [6.45, 7) is 10.8. The quantitative estimate of drug-likeness (QED) is 0.0598. The van der Waals surface area contributed by atoms with Crippen molar-refractivity contribution in [2.45, 2.75) is 80.1 Å². The van der Waals surface area contributed by atoms with Crippen LogP contribution in [0.5, 0.6) is 0 Å². The lowest BCUT2D eigenvalue weighted by Crippen LogP contribution is -2.17. The third kappa shape index (κ3) is 9.30. The Morgan fingerprint density at radius 3 is 1.86 bits per heavy atom. The lowest BCUT2D eigenvalue weighted by atomic mass is 9.96. The highest BCUT2D eigenvalue weighted by atomic mass is 16.7. The second-order valence-electron chi connectivity index (χ2n) is 11.4. The van der Waals surface area contributed by atoms with Crippen molar-refractivity contribution in [3.05, 3.63) is 65.9 Å². The van der Waals surface area contributed by atoms with E-state index in [9.17, 15) is 19.2 Å². The van der Waals surface area contributed by atoms with Gasteiger partial charge >= 0.3 is 11.9 Å². The zero-order chi connectivity index (χ0) is 31.5. The van der Waals surface area contributed by atoms with Crippen molar-refractivity contribution in [2.75, 3.05) is 0 Å². The predicted molar refractivity (Wildman–Crippen MR) is 168 cm³/mol. The van der Waals surface area contributed by atoms with Crippen LogP contribution in [0.1, 0.15) is 101 Å². The van der Waals surface area contributed by atoms with E-state index in [0.717, 1.165) is 18.5 Å². The van der Waals surface area contributed by atoms with E-state index in [4.69, 9.17) is 9.68 Å². The van der Waals surface area contributed by atoms with Crippen LogP contribution in [0.3, 0.4) is 0 Å². The Labute approximate surface area is 252 Å². The number of rotatable bonds is 15. The van der Waals surface area contributed by atoms with Crippen molar-refractivity contribution < 1.29 is 28.9 Å². The number of hydrogen-bond donors (Lipinski definition) is 0. The number of aromatic nitrogens is 1. The van der Waals surface area contributed by atoms with Crippen LogP contribution >= 0.6 is 0 Å². The predicted octanol–water partition coefficient (Wildman–Crippen LogP) is 7.49. The Morgan fingerprint density at radius 2 is 1.28 bits per heavy atom. The summed E-state index contributed by atoms with van der Waals surface area (Å²) < 4.78 is 1.80. The Kier molecular flexibility index (Phi) is 12.1. The summed E-state index contributed by atoms with van der Waals surface area (Å²) >= 11 is 0. The molecule has 3 rings (SSSR count). The molecule has 0 saturated heterocycles. The summed E-state index contributed by atoms with van der Waals surface area (Å²) in [6, 6.07) is 14.5. The number of carbonyl (C=O) groups is 4. The highest BCUT2D eigenvalue weighted by Crippen LogP contribution is 2.30. The molecule has 9 heteroatoms. The summed E-state index contributed by atoms with van der Waals surface area (Å²) in [4.78, 5) is 60.9. The fraction of sp³-hybridized carbons (Fsp3) is 0.412. The summed E-state index contributed by atoms with van der Waals surface area (Å²) in [5.74, 6) is -1.21. The minimum atomic E-state index is -0.623. The summed E-state index contributed by atoms with van der Waals surface area (Å²) in [7, 11) is 0. The molecule has 0 spiro atoms. The van der Waals surface area contributed by atoms with Gasteiger partial charge < -0.3 is 14.2 Å². The zero-order valence-electron chi connectivity index (χ0n) is 25.9. The van der Waals surface area contributed by atoms with Gasteiger partial charge in [-0.25, -0.2) is 9.59 Å². The summed E-state index contributed by atoms with van der Waals surface area (Å²) in [5, 5.41) is 8.40. The van der Waals surface area contributed by atoms with Crippen molar-refractivity contribution in [1.82, 2.24) is 4.57 Å². The minimum absolute atomic E-state index is 0.120. The van der Waals surface area contributed by atoms with Gasteiger partial charge in [0.1, 0.15) is 11.4 Å². The van der Waals surface area contributed by atoms with Gasteiger partial charge in [-0.15, -0.1) is 0 Å². The maximum absolute atomic E-state index is 14.0. The van der Waals surface area contributed by atoms with E-state index in [1.807, 2.05) is 44.2 Å². The Balaban J connectivity index is 2.18. The number of fused-ring (bicyclic) bond motifs is 1. The van der Waals surface area contributed by atoms with E-state index in [1.54, 1.807) is 29.0 Å². The van der Waals surface area contributed by atoms with E-state index < -0.39 is 17.7 Å².